The molecular weight excluding hydrogens is 392 g/mol. The fourth-order valence-corrected chi connectivity index (χ4v) is 4.54. The highest BCUT2D eigenvalue weighted by Gasteiger charge is 2.34. The normalized spacial score (nSPS) is 20.6. The number of anilines is 1. The molecule has 2 aromatic rings. The van der Waals surface area contributed by atoms with Crippen LogP contribution in [-0.4, -0.2) is 25.1 Å². The lowest BCUT2D eigenvalue weighted by atomic mass is 9.86. The molecule has 1 saturated carbocycles. The fourth-order valence-electron chi connectivity index (χ4n) is 3.52. The number of rotatable bonds is 4. The molecule has 2 N–H and O–H groups in total. The summed E-state index contributed by atoms with van der Waals surface area (Å²) < 4.78 is 31.8. The zero-order chi connectivity index (χ0) is 21.4. The minimum atomic E-state index is -3.40. The molecule has 1 aliphatic rings. The van der Waals surface area contributed by atoms with E-state index < -0.39 is 20.4 Å². The molecule has 7 nitrogen and oxygen atoms in total. The van der Waals surface area contributed by atoms with Gasteiger partial charge in [-0.25, -0.2) is 17.9 Å². The number of carbonyl (C=O) groups excluding carboxylic acids is 1. The average Bonchev–Trinajstić information content (AvgIpc) is 2.60. The van der Waals surface area contributed by atoms with Crippen molar-refractivity contribution in [2.24, 2.45) is 5.92 Å². The van der Waals surface area contributed by atoms with Crippen molar-refractivity contribution < 1.29 is 17.6 Å². The van der Waals surface area contributed by atoms with Crippen LogP contribution in [0.5, 0.6) is 0 Å². The van der Waals surface area contributed by atoms with Crippen LogP contribution in [0.3, 0.4) is 0 Å². The van der Waals surface area contributed by atoms with E-state index in [-0.39, 0.29) is 17.9 Å². The summed E-state index contributed by atoms with van der Waals surface area (Å²) in [5.41, 5.74) is 1.42. The largest absolute Gasteiger partial charge is 0.423 e. The quantitative estimate of drug-likeness (QED) is 0.738. The van der Waals surface area contributed by atoms with Gasteiger partial charge in [0.15, 0.2) is 0 Å². The molecule has 1 fully saturated rings. The Balaban J connectivity index is 1.62. The van der Waals surface area contributed by atoms with Gasteiger partial charge >= 0.3 is 5.63 Å². The van der Waals surface area contributed by atoms with Crippen molar-refractivity contribution in [2.45, 2.75) is 64.2 Å². The van der Waals surface area contributed by atoms with E-state index in [0.29, 0.717) is 37.0 Å². The second-order valence-electron chi connectivity index (χ2n) is 8.73. The Morgan fingerprint density at radius 2 is 1.76 bits per heavy atom. The molecule has 158 valence electrons. The maximum atomic E-state index is 12.6. The number of carbonyl (C=O) groups is 1. The Hall–Kier alpha value is -2.19. The monoisotopic (exact) mass is 420 g/mol. The van der Waals surface area contributed by atoms with Crippen LogP contribution in [0.15, 0.2) is 33.5 Å². The number of nitrogens with one attached hydrogen (secondary N) is 2. The summed E-state index contributed by atoms with van der Waals surface area (Å²) >= 11 is 0. The lowest BCUT2D eigenvalue weighted by Crippen LogP contribution is -2.46. The van der Waals surface area contributed by atoms with Crippen molar-refractivity contribution in [1.82, 2.24) is 4.72 Å². The van der Waals surface area contributed by atoms with E-state index in [1.807, 2.05) is 13.0 Å². The molecule has 1 aromatic carbocycles. The molecule has 0 aliphatic heterocycles. The van der Waals surface area contributed by atoms with E-state index in [1.54, 1.807) is 32.9 Å². The number of aryl methyl sites for hydroxylation is 1. The van der Waals surface area contributed by atoms with Gasteiger partial charge in [-0.3, -0.25) is 4.79 Å². The predicted molar refractivity (Wildman–Crippen MR) is 113 cm³/mol. The van der Waals surface area contributed by atoms with E-state index >= 15 is 0 Å². The van der Waals surface area contributed by atoms with Gasteiger partial charge in [0, 0.05) is 35.2 Å². The highest BCUT2D eigenvalue weighted by atomic mass is 32.2. The fraction of sp³-hybridized carbons (Fsp3) is 0.524. The van der Waals surface area contributed by atoms with Gasteiger partial charge in [0.25, 0.3) is 0 Å². The first kappa shape index (κ1) is 21.5. The molecule has 3 rings (SSSR count). The molecule has 0 bridgehead atoms. The van der Waals surface area contributed by atoms with Crippen LogP contribution in [0.2, 0.25) is 0 Å². The van der Waals surface area contributed by atoms with Crippen LogP contribution in [-0.2, 0) is 14.8 Å². The van der Waals surface area contributed by atoms with Crippen molar-refractivity contribution >= 4 is 32.6 Å². The van der Waals surface area contributed by atoms with E-state index in [0.717, 1.165) is 10.9 Å². The maximum Gasteiger partial charge on any atom is 0.336 e. The molecule has 29 heavy (non-hydrogen) atoms. The van der Waals surface area contributed by atoms with E-state index in [4.69, 9.17) is 4.42 Å². The van der Waals surface area contributed by atoms with Crippen molar-refractivity contribution in [1.29, 1.82) is 0 Å². The lowest BCUT2D eigenvalue weighted by Gasteiger charge is -2.30. The summed E-state index contributed by atoms with van der Waals surface area (Å²) in [5, 5.41) is 3.72. The van der Waals surface area contributed by atoms with Gasteiger partial charge in [-0.2, -0.15) is 0 Å². The van der Waals surface area contributed by atoms with Gasteiger partial charge in [-0.1, -0.05) is 0 Å². The minimum Gasteiger partial charge on any atom is -0.423 e. The number of amides is 1. The first-order chi connectivity index (χ1) is 13.5. The number of fused-ring (bicyclic) bond motifs is 1. The van der Waals surface area contributed by atoms with Crippen molar-refractivity contribution in [3.05, 3.63) is 40.2 Å². The van der Waals surface area contributed by atoms with Crippen LogP contribution in [0, 0.1) is 12.8 Å². The summed E-state index contributed by atoms with van der Waals surface area (Å²) in [5.74, 6) is -0.276. The molecule has 1 aromatic heterocycles. The van der Waals surface area contributed by atoms with Gasteiger partial charge < -0.3 is 9.73 Å². The number of benzene rings is 1. The zero-order valence-electron chi connectivity index (χ0n) is 17.2. The number of hydrogen-bond donors (Lipinski definition) is 2. The van der Waals surface area contributed by atoms with Gasteiger partial charge in [0.2, 0.25) is 15.9 Å². The smallest absolute Gasteiger partial charge is 0.336 e. The minimum absolute atomic E-state index is 0.100. The Kier molecular flexibility index (Phi) is 5.87. The third kappa shape index (κ3) is 4.87. The summed E-state index contributed by atoms with van der Waals surface area (Å²) in [7, 11) is -3.40. The Morgan fingerprint density at radius 3 is 2.38 bits per heavy atom. The van der Waals surface area contributed by atoms with Crippen LogP contribution in [0.1, 0.15) is 52.0 Å². The summed E-state index contributed by atoms with van der Waals surface area (Å²) in [4.78, 5) is 24.2. The van der Waals surface area contributed by atoms with Crippen LogP contribution >= 0.6 is 0 Å². The molecule has 1 heterocycles. The molecule has 0 unspecified atom stereocenters. The molecule has 0 radical (unpaired) electrons. The molecule has 0 spiro atoms. The number of hydrogen-bond acceptors (Lipinski definition) is 5. The van der Waals surface area contributed by atoms with Crippen molar-refractivity contribution in [3.8, 4) is 0 Å². The molecule has 1 amide bonds. The highest BCUT2D eigenvalue weighted by molar-refractivity contribution is 7.90. The summed E-state index contributed by atoms with van der Waals surface area (Å²) in [6.45, 7) is 6.84. The second-order valence-corrected chi connectivity index (χ2v) is 11.2. The highest BCUT2D eigenvalue weighted by Crippen LogP contribution is 2.28. The van der Waals surface area contributed by atoms with E-state index in [2.05, 4.69) is 10.0 Å². The van der Waals surface area contributed by atoms with Gasteiger partial charge in [0.1, 0.15) is 5.58 Å². The first-order valence-electron chi connectivity index (χ1n) is 9.83. The Labute approximate surface area is 170 Å². The molecule has 0 saturated heterocycles. The predicted octanol–water partition coefficient (Wildman–Crippen LogP) is 3.32. The summed E-state index contributed by atoms with van der Waals surface area (Å²) in [6, 6.07) is 6.57. The Morgan fingerprint density at radius 1 is 1.10 bits per heavy atom. The molecule has 8 heteroatoms. The van der Waals surface area contributed by atoms with Gasteiger partial charge in [-0.05, 0) is 71.1 Å². The van der Waals surface area contributed by atoms with Crippen molar-refractivity contribution in [2.75, 3.05) is 5.32 Å². The lowest BCUT2D eigenvalue weighted by molar-refractivity contribution is -0.120. The van der Waals surface area contributed by atoms with E-state index in [9.17, 15) is 18.0 Å². The third-order valence-corrected chi connectivity index (χ3v) is 7.70. The first-order valence-corrected chi connectivity index (χ1v) is 11.3. The van der Waals surface area contributed by atoms with Gasteiger partial charge in [0.05, 0.1) is 4.75 Å². The maximum absolute atomic E-state index is 12.6. The van der Waals surface area contributed by atoms with Gasteiger partial charge in [-0.15, -0.1) is 0 Å². The Bertz CT molecular complexity index is 1070. The van der Waals surface area contributed by atoms with Crippen LogP contribution in [0.25, 0.3) is 11.0 Å². The third-order valence-electron chi connectivity index (χ3n) is 5.44. The molecular formula is C21H28N2O5S. The van der Waals surface area contributed by atoms with Crippen molar-refractivity contribution in [3.63, 3.8) is 0 Å². The standard InChI is InChI=1S/C21H28N2O5S/c1-13-11-19(24)28-18-12-16(9-10-17(13)18)22-20(25)14-5-7-15(8-6-14)23-29(26,27)21(2,3)4/h9-12,14-15,23H,5-8H2,1-4H3,(H,22,25). The average molecular weight is 421 g/mol. The zero-order valence-corrected chi connectivity index (χ0v) is 18.1. The topological polar surface area (TPSA) is 105 Å². The summed E-state index contributed by atoms with van der Waals surface area (Å²) in [6.07, 6.45) is 2.48. The van der Waals surface area contributed by atoms with E-state index in [1.165, 1.54) is 6.07 Å². The molecule has 0 atom stereocenters. The SMILES string of the molecule is Cc1cc(=O)oc2cc(NC(=O)C3CCC(NS(=O)(=O)C(C)(C)C)CC3)ccc12. The number of sulfonamides is 1. The van der Waals surface area contributed by atoms with Crippen LogP contribution < -0.4 is 15.7 Å². The molecule has 1 aliphatic carbocycles. The second kappa shape index (κ2) is 7.91. The van der Waals surface area contributed by atoms with Crippen LogP contribution in [0.4, 0.5) is 5.69 Å².